The zero-order chi connectivity index (χ0) is 18.4. The molecule has 1 saturated carbocycles. The van der Waals surface area contributed by atoms with Crippen LogP contribution in [0.1, 0.15) is 57.2 Å². The van der Waals surface area contributed by atoms with E-state index in [0.717, 1.165) is 37.9 Å². The van der Waals surface area contributed by atoms with Gasteiger partial charge in [0.15, 0.2) is 11.0 Å². The van der Waals surface area contributed by atoms with Crippen molar-refractivity contribution in [1.29, 1.82) is 0 Å². The summed E-state index contributed by atoms with van der Waals surface area (Å²) in [6, 6.07) is 0.299. The Hall–Kier alpha value is -1.51. The molecule has 1 fully saturated rings. The van der Waals surface area contributed by atoms with Gasteiger partial charge in [0.05, 0.1) is 0 Å². The zero-order valence-electron chi connectivity index (χ0n) is 15.9. The molecule has 2 aromatic rings. The average Bonchev–Trinajstić information content (AvgIpc) is 3.27. The van der Waals surface area contributed by atoms with Crippen molar-refractivity contribution >= 4 is 34.8 Å². The number of nitrogens with one attached hydrogen (secondary N) is 2. The van der Waals surface area contributed by atoms with E-state index in [9.17, 15) is 4.79 Å². The first-order valence-corrected chi connectivity index (χ1v) is 10.1. The Kier molecular flexibility index (Phi) is 8.19. The van der Waals surface area contributed by atoms with Crippen LogP contribution < -0.4 is 10.6 Å². The van der Waals surface area contributed by atoms with Crippen LogP contribution in [0.4, 0.5) is 5.13 Å². The highest BCUT2D eigenvalue weighted by Crippen LogP contribution is 2.42. The molecule has 1 unspecified atom stereocenters. The molecule has 0 saturated heterocycles. The van der Waals surface area contributed by atoms with Crippen molar-refractivity contribution in [1.82, 2.24) is 20.4 Å². The minimum Gasteiger partial charge on any atom is -0.339 e. The van der Waals surface area contributed by atoms with E-state index in [-0.39, 0.29) is 23.7 Å². The third kappa shape index (κ3) is 6.26. The van der Waals surface area contributed by atoms with Gasteiger partial charge in [-0.15, -0.1) is 23.7 Å². The lowest BCUT2D eigenvalue weighted by Gasteiger charge is -2.35. The minimum atomic E-state index is -0.0992. The zero-order valence-corrected chi connectivity index (χ0v) is 17.5. The molecule has 0 aliphatic heterocycles. The van der Waals surface area contributed by atoms with Gasteiger partial charge in [0, 0.05) is 36.9 Å². The smallest absolute Gasteiger partial charge is 0.227 e. The van der Waals surface area contributed by atoms with E-state index in [2.05, 4.69) is 32.7 Å². The molecule has 150 valence electrons. The quantitative estimate of drug-likeness (QED) is 0.686. The van der Waals surface area contributed by atoms with Crippen LogP contribution in [0.15, 0.2) is 16.1 Å². The molecule has 2 aromatic heterocycles. The second-order valence-corrected chi connectivity index (χ2v) is 8.19. The van der Waals surface area contributed by atoms with Crippen LogP contribution in [-0.2, 0) is 17.6 Å². The highest BCUT2D eigenvalue weighted by molar-refractivity contribution is 7.13. The van der Waals surface area contributed by atoms with Crippen molar-refractivity contribution in [2.45, 2.75) is 64.3 Å². The highest BCUT2D eigenvalue weighted by Gasteiger charge is 2.36. The summed E-state index contributed by atoms with van der Waals surface area (Å²) in [5, 5.41) is 12.7. The number of carbonyl (C=O) groups excluding carboxylic acids is 1. The standard InChI is InChI=1S/C18H27N5O2S.ClH/c1-13(19-2)10-14-21-16(25-23-14)12-18(6-4-3-5-7-18)11-15(24)22-17-20-8-9-26-17;/h8-9,13,19H,3-7,10-12H2,1-2H3,(H,20,22,24);1H. The predicted octanol–water partition coefficient (Wildman–Crippen LogP) is 3.62. The van der Waals surface area contributed by atoms with Crippen molar-refractivity contribution < 1.29 is 9.32 Å². The van der Waals surface area contributed by atoms with E-state index in [0.29, 0.717) is 29.9 Å². The largest absolute Gasteiger partial charge is 0.339 e. The number of aromatic nitrogens is 3. The number of halogens is 1. The van der Waals surface area contributed by atoms with Crippen LogP contribution in [-0.4, -0.2) is 34.1 Å². The summed E-state index contributed by atoms with van der Waals surface area (Å²) >= 11 is 1.44. The molecule has 0 bridgehead atoms. The molecule has 0 spiro atoms. The fourth-order valence-corrected chi connectivity index (χ4v) is 4.19. The first-order chi connectivity index (χ1) is 12.6. The van der Waals surface area contributed by atoms with Gasteiger partial charge in [0.2, 0.25) is 11.8 Å². The molecule has 3 rings (SSSR count). The van der Waals surface area contributed by atoms with E-state index >= 15 is 0 Å². The normalized spacial score (nSPS) is 17.1. The van der Waals surface area contributed by atoms with Gasteiger partial charge < -0.3 is 15.2 Å². The Morgan fingerprint density at radius 1 is 1.37 bits per heavy atom. The molecule has 2 N–H and O–H groups in total. The summed E-state index contributed by atoms with van der Waals surface area (Å²) in [6.45, 7) is 2.08. The van der Waals surface area contributed by atoms with E-state index in [1.165, 1.54) is 17.8 Å². The summed E-state index contributed by atoms with van der Waals surface area (Å²) in [4.78, 5) is 21.2. The van der Waals surface area contributed by atoms with Gasteiger partial charge in [-0.2, -0.15) is 4.98 Å². The third-order valence-corrected chi connectivity index (χ3v) is 5.83. The molecule has 1 aliphatic rings. The molecule has 1 amide bonds. The first kappa shape index (κ1) is 21.8. The lowest BCUT2D eigenvalue weighted by Crippen LogP contribution is -2.32. The molecule has 9 heteroatoms. The predicted molar refractivity (Wildman–Crippen MR) is 108 cm³/mol. The van der Waals surface area contributed by atoms with Gasteiger partial charge in [-0.1, -0.05) is 24.4 Å². The number of hydrogen-bond acceptors (Lipinski definition) is 7. The van der Waals surface area contributed by atoms with Gasteiger partial charge in [0.1, 0.15) is 0 Å². The Balaban J connectivity index is 0.00000261. The van der Waals surface area contributed by atoms with Gasteiger partial charge in [-0.3, -0.25) is 4.79 Å². The van der Waals surface area contributed by atoms with Crippen molar-refractivity contribution in [3.05, 3.63) is 23.3 Å². The number of amides is 1. The fourth-order valence-electron chi connectivity index (χ4n) is 3.65. The van der Waals surface area contributed by atoms with Gasteiger partial charge in [-0.05, 0) is 32.2 Å². The number of rotatable bonds is 8. The molecule has 27 heavy (non-hydrogen) atoms. The second kappa shape index (κ2) is 10.1. The Bertz CT molecular complexity index is 700. The molecular formula is C18H28ClN5O2S. The SMILES string of the molecule is CNC(C)Cc1noc(CC2(CC(=O)Nc3nccs3)CCCCC2)n1.Cl. The topological polar surface area (TPSA) is 92.9 Å². The maximum atomic E-state index is 12.5. The van der Waals surface area contributed by atoms with Crippen LogP contribution in [0.2, 0.25) is 0 Å². The second-order valence-electron chi connectivity index (χ2n) is 7.30. The summed E-state index contributed by atoms with van der Waals surface area (Å²) in [6.07, 6.45) is 9.11. The van der Waals surface area contributed by atoms with Gasteiger partial charge in [-0.25, -0.2) is 4.98 Å². The van der Waals surface area contributed by atoms with Crippen molar-refractivity contribution in [3.63, 3.8) is 0 Å². The number of thiazole rings is 1. The summed E-state index contributed by atoms with van der Waals surface area (Å²) in [7, 11) is 1.92. The number of anilines is 1. The molecule has 1 aliphatic carbocycles. The van der Waals surface area contributed by atoms with Crippen LogP contribution in [0.5, 0.6) is 0 Å². The summed E-state index contributed by atoms with van der Waals surface area (Å²) in [5.74, 6) is 1.39. The Morgan fingerprint density at radius 3 is 2.81 bits per heavy atom. The molecule has 2 heterocycles. The summed E-state index contributed by atoms with van der Waals surface area (Å²) in [5.41, 5.74) is -0.0992. The van der Waals surface area contributed by atoms with E-state index in [1.807, 2.05) is 12.4 Å². The van der Waals surface area contributed by atoms with Crippen LogP contribution >= 0.6 is 23.7 Å². The van der Waals surface area contributed by atoms with Crippen molar-refractivity contribution in [3.8, 4) is 0 Å². The van der Waals surface area contributed by atoms with Gasteiger partial charge in [0.25, 0.3) is 0 Å². The number of hydrogen-bond donors (Lipinski definition) is 2. The molecule has 0 aromatic carbocycles. The van der Waals surface area contributed by atoms with Crippen LogP contribution in [0.25, 0.3) is 0 Å². The maximum absolute atomic E-state index is 12.5. The minimum absolute atomic E-state index is 0. The first-order valence-electron chi connectivity index (χ1n) is 9.27. The molecule has 0 radical (unpaired) electrons. The highest BCUT2D eigenvalue weighted by atomic mass is 35.5. The van der Waals surface area contributed by atoms with Crippen LogP contribution in [0.3, 0.4) is 0 Å². The lowest BCUT2D eigenvalue weighted by atomic mass is 9.69. The third-order valence-electron chi connectivity index (χ3n) is 5.15. The Morgan fingerprint density at radius 2 is 2.15 bits per heavy atom. The fraction of sp³-hybridized carbons (Fsp3) is 0.667. The van der Waals surface area contributed by atoms with Crippen LogP contribution in [0, 0.1) is 5.41 Å². The van der Waals surface area contributed by atoms with E-state index in [4.69, 9.17) is 4.52 Å². The van der Waals surface area contributed by atoms with E-state index < -0.39 is 0 Å². The number of likely N-dealkylation sites (N-methyl/N-ethyl adjacent to an activating group) is 1. The van der Waals surface area contributed by atoms with Gasteiger partial charge >= 0.3 is 0 Å². The maximum Gasteiger partial charge on any atom is 0.227 e. The molecular weight excluding hydrogens is 386 g/mol. The van der Waals surface area contributed by atoms with Crippen molar-refractivity contribution in [2.75, 3.05) is 12.4 Å². The summed E-state index contributed by atoms with van der Waals surface area (Å²) < 4.78 is 5.49. The lowest BCUT2D eigenvalue weighted by molar-refractivity contribution is -0.119. The van der Waals surface area contributed by atoms with Crippen molar-refractivity contribution in [2.24, 2.45) is 5.41 Å². The molecule has 7 nitrogen and oxygen atoms in total. The number of carbonyl (C=O) groups is 1. The monoisotopic (exact) mass is 413 g/mol. The van der Waals surface area contributed by atoms with E-state index in [1.54, 1.807) is 6.20 Å². The molecule has 1 atom stereocenters. The Labute approximate surface area is 170 Å². The number of nitrogens with zero attached hydrogens (tertiary/aromatic N) is 3. The average molecular weight is 414 g/mol.